The highest BCUT2D eigenvalue weighted by Gasteiger charge is 2.34. The summed E-state index contributed by atoms with van der Waals surface area (Å²) in [7, 11) is 0. The summed E-state index contributed by atoms with van der Waals surface area (Å²) in [6.07, 6.45) is 6.83. The van der Waals surface area contributed by atoms with Crippen LogP contribution in [0.5, 0.6) is 0 Å². The lowest BCUT2D eigenvalue weighted by atomic mass is 10.1. The van der Waals surface area contributed by atoms with Gasteiger partial charge in [0.2, 0.25) is 35.9 Å². The maximum Gasteiger partial charge on any atom is 0.248 e. The summed E-state index contributed by atoms with van der Waals surface area (Å²) < 4.78 is 5.95. The van der Waals surface area contributed by atoms with Crippen molar-refractivity contribution < 1.29 is 23.6 Å². The Balaban J connectivity index is 1.08. The minimum Gasteiger partial charge on any atom is -0.416 e. The average molecular weight is 608 g/mol. The molecule has 2 aromatic heterocycles. The molecule has 4 aromatic rings. The van der Waals surface area contributed by atoms with Crippen LogP contribution in [0.15, 0.2) is 77.5 Å². The molecule has 1 N–H and O–H groups in total. The number of aromatic nitrogens is 3. The van der Waals surface area contributed by atoms with Crippen molar-refractivity contribution in [1.82, 2.24) is 25.0 Å². The zero-order valence-electron chi connectivity index (χ0n) is 24.8. The third-order valence-electron chi connectivity index (χ3n) is 8.24. The lowest BCUT2D eigenvalue weighted by molar-refractivity contribution is -0.138. The van der Waals surface area contributed by atoms with E-state index in [9.17, 15) is 19.2 Å². The van der Waals surface area contributed by atoms with E-state index in [1.165, 1.54) is 11.8 Å². The van der Waals surface area contributed by atoms with E-state index >= 15 is 0 Å². The maximum absolute atomic E-state index is 13.1. The number of anilines is 2. The van der Waals surface area contributed by atoms with E-state index in [1.807, 2.05) is 35.2 Å². The smallest absolute Gasteiger partial charge is 0.248 e. The third kappa shape index (κ3) is 6.44. The Morgan fingerprint density at radius 3 is 2.29 bits per heavy atom. The Hall–Kier alpha value is -5.39. The zero-order chi connectivity index (χ0) is 31.3. The fourth-order valence-electron chi connectivity index (χ4n) is 5.98. The number of nitrogens with zero attached hydrogens (tertiary/aromatic N) is 6. The van der Waals surface area contributed by atoms with Gasteiger partial charge in [-0.1, -0.05) is 6.07 Å². The van der Waals surface area contributed by atoms with E-state index < -0.39 is 6.04 Å². The van der Waals surface area contributed by atoms with Gasteiger partial charge in [0.15, 0.2) is 0 Å². The van der Waals surface area contributed by atoms with E-state index in [-0.39, 0.29) is 30.3 Å². The Bertz CT molecular complexity index is 1670. The molecule has 2 aliphatic heterocycles. The van der Waals surface area contributed by atoms with Crippen LogP contribution in [-0.4, -0.2) is 74.4 Å². The Kier molecular flexibility index (Phi) is 8.63. The standard InChI is InChI=1S/C33H33N7O5/c1-22(42)40(21-41)29-7-4-17-38(29)27-14-10-25(11-15-27)33-37-36-32(45-33)24-8-12-26(13-9-24)35-31(44)28-6-3-18-39(28)30(43)19-23-5-2-16-34-20-23/h2,5,8-16,20-21,28-29H,3-4,6-7,17-19H2,1H3,(H,35,44)/t28-,29?/m0/s1. The topological polar surface area (TPSA) is 142 Å². The minimum absolute atomic E-state index is 0.0874. The van der Waals surface area contributed by atoms with Crippen LogP contribution >= 0.6 is 0 Å². The van der Waals surface area contributed by atoms with Gasteiger partial charge in [-0.15, -0.1) is 10.2 Å². The fourth-order valence-corrected chi connectivity index (χ4v) is 5.98. The molecular formula is C33H33N7O5. The molecule has 2 aliphatic rings. The van der Waals surface area contributed by atoms with E-state index in [0.717, 1.165) is 42.6 Å². The molecule has 4 heterocycles. The highest BCUT2D eigenvalue weighted by atomic mass is 16.4. The Morgan fingerprint density at radius 1 is 0.956 bits per heavy atom. The Morgan fingerprint density at radius 2 is 1.64 bits per heavy atom. The third-order valence-corrected chi connectivity index (χ3v) is 8.24. The molecule has 4 amide bonds. The molecule has 12 heteroatoms. The van der Waals surface area contributed by atoms with E-state index in [0.29, 0.717) is 42.4 Å². The van der Waals surface area contributed by atoms with Crippen LogP contribution in [0.2, 0.25) is 0 Å². The first-order chi connectivity index (χ1) is 21.9. The highest BCUT2D eigenvalue weighted by Crippen LogP contribution is 2.31. The van der Waals surface area contributed by atoms with Crippen molar-refractivity contribution in [2.24, 2.45) is 0 Å². The van der Waals surface area contributed by atoms with Gasteiger partial charge >= 0.3 is 0 Å². The molecule has 1 unspecified atom stereocenters. The zero-order valence-corrected chi connectivity index (χ0v) is 24.8. The van der Waals surface area contributed by atoms with Crippen LogP contribution < -0.4 is 10.2 Å². The number of carbonyl (C=O) groups is 4. The second kappa shape index (κ2) is 13.1. The summed E-state index contributed by atoms with van der Waals surface area (Å²) in [5, 5.41) is 11.3. The second-order valence-corrected chi connectivity index (χ2v) is 11.2. The van der Waals surface area contributed by atoms with Crippen LogP contribution in [0.4, 0.5) is 11.4 Å². The Labute approximate surface area is 260 Å². The molecule has 0 bridgehead atoms. The molecule has 6 rings (SSSR count). The van der Waals surface area contributed by atoms with Crippen molar-refractivity contribution >= 4 is 35.5 Å². The molecule has 2 fully saturated rings. The van der Waals surface area contributed by atoms with Crippen molar-refractivity contribution in [1.29, 1.82) is 0 Å². The summed E-state index contributed by atoms with van der Waals surface area (Å²) in [6.45, 7) is 2.69. The predicted molar refractivity (Wildman–Crippen MR) is 165 cm³/mol. The predicted octanol–water partition coefficient (Wildman–Crippen LogP) is 3.90. The molecule has 0 radical (unpaired) electrons. The number of hydrogen-bond acceptors (Lipinski definition) is 9. The number of pyridine rings is 1. The summed E-state index contributed by atoms with van der Waals surface area (Å²) in [5.41, 5.74) is 3.73. The van der Waals surface area contributed by atoms with Gasteiger partial charge < -0.3 is 19.5 Å². The van der Waals surface area contributed by atoms with E-state index in [1.54, 1.807) is 47.6 Å². The monoisotopic (exact) mass is 607 g/mol. The molecule has 12 nitrogen and oxygen atoms in total. The van der Waals surface area contributed by atoms with Crippen molar-refractivity contribution in [3.05, 3.63) is 78.6 Å². The maximum atomic E-state index is 13.1. The molecule has 0 aliphatic carbocycles. The van der Waals surface area contributed by atoms with Crippen LogP contribution in [0.1, 0.15) is 38.2 Å². The summed E-state index contributed by atoms with van der Waals surface area (Å²) in [6, 6.07) is 17.8. The molecule has 230 valence electrons. The molecular weight excluding hydrogens is 574 g/mol. The van der Waals surface area contributed by atoms with Crippen molar-refractivity contribution in [3.8, 4) is 22.9 Å². The number of likely N-dealkylation sites (tertiary alicyclic amines) is 1. The van der Waals surface area contributed by atoms with Gasteiger partial charge in [0.25, 0.3) is 0 Å². The molecule has 45 heavy (non-hydrogen) atoms. The first-order valence-corrected chi connectivity index (χ1v) is 15.0. The number of nitrogens with one attached hydrogen (secondary N) is 1. The molecule has 2 aromatic carbocycles. The largest absolute Gasteiger partial charge is 0.416 e. The molecule has 2 saturated heterocycles. The lowest BCUT2D eigenvalue weighted by Gasteiger charge is -2.32. The lowest BCUT2D eigenvalue weighted by Crippen LogP contribution is -2.46. The minimum atomic E-state index is -0.520. The van der Waals surface area contributed by atoms with Gasteiger partial charge in [-0.2, -0.15) is 0 Å². The molecule has 2 atom stereocenters. The van der Waals surface area contributed by atoms with Crippen LogP contribution in [0, 0.1) is 0 Å². The van der Waals surface area contributed by atoms with Gasteiger partial charge in [-0.05, 0) is 85.8 Å². The number of carbonyl (C=O) groups excluding carboxylic acids is 4. The van der Waals surface area contributed by atoms with Crippen molar-refractivity contribution in [2.75, 3.05) is 23.3 Å². The van der Waals surface area contributed by atoms with Gasteiger partial charge in [-0.25, -0.2) is 0 Å². The van der Waals surface area contributed by atoms with Crippen LogP contribution in [0.3, 0.4) is 0 Å². The first kappa shape index (κ1) is 29.7. The highest BCUT2D eigenvalue weighted by molar-refractivity contribution is 5.98. The number of imide groups is 1. The van der Waals surface area contributed by atoms with Crippen LogP contribution in [0.25, 0.3) is 22.9 Å². The van der Waals surface area contributed by atoms with E-state index in [2.05, 4.69) is 20.5 Å². The summed E-state index contributed by atoms with van der Waals surface area (Å²) in [5.74, 6) is 0.0938. The van der Waals surface area contributed by atoms with Gasteiger partial charge in [0, 0.05) is 54.9 Å². The molecule has 0 spiro atoms. The van der Waals surface area contributed by atoms with Gasteiger partial charge in [0.05, 0.1) is 6.42 Å². The normalized spacial score (nSPS) is 17.7. The number of amides is 4. The number of hydrogen-bond donors (Lipinski definition) is 1. The van der Waals surface area contributed by atoms with Gasteiger partial charge in [-0.3, -0.25) is 29.1 Å². The summed E-state index contributed by atoms with van der Waals surface area (Å²) in [4.78, 5) is 58.4. The number of rotatable bonds is 9. The second-order valence-electron chi connectivity index (χ2n) is 11.2. The molecule has 0 saturated carbocycles. The van der Waals surface area contributed by atoms with E-state index in [4.69, 9.17) is 4.42 Å². The van der Waals surface area contributed by atoms with Gasteiger partial charge in [0.1, 0.15) is 12.2 Å². The quantitative estimate of drug-likeness (QED) is 0.280. The SMILES string of the molecule is CC(=O)N(C=O)C1CCCN1c1ccc(-c2nnc(-c3ccc(NC(=O)[C@@H]4CCCN4C(=O)Cc4cccnc4)cc3)o2)cc1. The fraction of sp³-hybridized carbons (Fsp3) is 0.303. The summed E-state index contributed by atoms with van der Waals surface area (Å²) >= 11 is 0. The van der Waals surface area contributed by atoms with Crippen molar-refractivity contribution in [2.45, 2.75) is 51.2 Å². The average Bonchev–Trinajstić information content (AvgIpc) is 3.84. The first-order valence-electron chi connectivity index (χ1n) is 15.0. The number of benzene rings is 2. The van der Waals surface area contributed by atoms with Crippen LogP contribution in [-0.2, 0) is 25.6 Å². The van der Waals surface area contributed by atoms with Crippen molar-refractivity contribution in [3.63, 3.8) is 0 Å².